The van der Waals surface area contributed by atoms with Crippen LogP contribution in [-0.4, -0.2) is 24.0 Å². The summed E-state index contributed by atoms with van der Waals surface area (Å²) in [6, 6.07) is 11.6. The first-order valence-corrected chi connectivity index (χ1v) is 8.33. The zero-order valence-electron chi connectivity index (χ0n) is 13.8. The van der Waals surface area contributed by atoms with E-state index in [4.69, 9.17) is 16.3 Å². The summed E-state index contributed by atoms with van der Waals surface area (Å²) in [6.07, 6.45) is 1.46. The minimum atomic E-state index is -0.558. The Hall–Kier alpha value is -2.60. The van der Waals surface area contributed by atoms with Crippen molar-refractivity contribution in [2.75, 3.05) is 13.2 Å². The summed E-state index contributed by atoms with van der Waals surface area (Å²) >= 11 is 5.96. The number of nitrogens with one attached hydrogen (secondary N) is 1. The Bertz CT molecular complexity index is 764. The van der Waals surface area contributed by atoms with Gasteiger partial charge in [0.25, 0.3) is 11.6 Å². The van der Waals surface area contributed by atoms with Crippen molar-refractivity contribution in [3.63, 3.8) is 0 Å². The lowest BCUT2D eigenvalue weighted by atomic mass is 10.1. The molecule has 0 saturated heterocycles. The van der Waals surface area contributed by atoms with E-state index < -0.39 is 10.8 Å². The monoisotopic (exact) mass is 362 g/mol. The number of halogens is 1. The fourth-order valence-corrected chi connectivity index (χ4v) is 2.59. The standard InChI is InChI=1S/C18H19ClN2O4/c1-2-25-17-8-4-3-6-13(17)7-5-11-20-18(22)15-12-14(21(23)24)9-10-16(15)19/h3-4,6,8-10,12H,2,5,7,11H2,1H3,(H,20,22). The van der Waals surface area contributed by atoms with Gasteiger partial charge in [0.05, 0.1) is 22.1 Å². The molecule has 0 heterocycles. The Morgan fingerprint density at radius 3 is 2.76 bits per heavy atom. The van der Waals surface area contributed by atoms with E-state index in [-0.39, 0.29) is 16.3 Å². The summed E-state index contributed by atoms with van der Waals surface area (Å²) in [5.74, 6) is 0.421. The molecule has 7 heteroatoms. The van der Waals surface area contributed by atoms with Crippen molar-refractivity contribution in [3.05, 3.63) is 68.7 Å². The molecule has 0 radical (unpaired) electrons. The molecule has 0 aliphatic rings. The molecule has 0 atom stereocenters. The van der Waals surface area contributed by atoms with Crippen molar-refractivity contribution in [1.82, 2.24) is 5.32 Å². The first kappa shape index (κ1) is 18.7. The van der Waals surface area contributed by atoms with Gasteiger partial charge in [0.1, 0.15) is 5.75 Å². The van der Waals surface area contributed by atoms with E-state index in [0.717, 1.165) is 17.7 Å². The Kier molecular flexibility index (Phi) is 6.77. The lowest BCUT2D eigenvalue weighted by molar-refractivity contribution is -0.384. The first-order valence-electron chi connectivity index (χ1n) is 7.95. The Labute approximate surface area is 150 Å². The maximum atomic E-state index is 12.2. The second-order valence-corrected chi connectivity index (χ2v) is 5.73. The van der Waals surface area contributed by atoms with E-state index in [1.54, 1.807) is 0 Å². The van der Waals surface area contributed by atoms with Crippen LogP contribution in [0.25, 0.3) is 0 Å². The number of para-hydroxylation sites is 1. The van der Waals surface area contributed by atoms with Gasteiger partial charge in [-0.25, -0.2) is 0 Å². The van der Waals surface area contributed by atoms with Gasteiger partial charge in [-0.05, 0) is 37.5 Å². The van der Waals surface area contributed by atoms with Gasteiger partial charge in [0, 0.05) is 18.7 Å². The average Bonchev–Trinajstić information content (AvgIpc) is 2.60. The number of ether oxygens (including phenoxy) is 1. The molecule has 2 rings (SSSR count). The quantitative estimate of drug-likeness (QED) is 0.437. The minimum absolute atomic E-state index is 0.102. The molecule has 2 aromatic rings. The van der Waals surface area contributed by atoms with E-state index >= 15 is 0 Å². The molecular formula is C18H19ClN2O4. The van der Waals surface area contributed by atoms with Crippen LogP contribution in [0.2, 0.25) is 5.02 Å². The van der Waals surface area contributed by atoms with Gasteiger partial charge in [0.15, 0.2) is 0 Å². The molecule has 1 amide bonds. The fraction of sp³-hybridized carbons (Fsp3) is 0.278. The lowest BCUT2D eigenvalue weighted by Gasteiger charge is -2.10. The minimum Gasteiger partial charge on any atom is -0.494 e. The number of hydrogen-bond acceptors (Lipinski definition) is 4. The van der Waals surface area contributed by atoms with Crippen LogP contribution in [0.3, 0.4) is 0 Å². The summed E-state index contributed by atoms with van der Waals surface area (Å²) in [4.78, 5) is 22.4. The molecular weight excluding hydrogens is 344 g/mol. The number of amides is 1. The van der Waals surface area contributed by atoms with Crippen LogP contribution in [0.1, 0.15) is 29.3 Å². The highest BCUT2D eigenvalue weighted by atomic mass is 35.5. The molecule has 25 heavy (non-hydrogen) atoms. The maximum Gasteiger partial charge on any atom is 0.270 e. The number of benzene rings is 2. The van der Waals surface area contributed by atoms with Crippen LogP contribution in [0.15, 0.2) is 42.5 Å². The van der Waals surface area contributed by atoms with Gasteiger partial charge in [-0.3, -0.25) is 14.9 Å². The molecule has 0 aromatic heterocycles. The van der Waals surface area contributed by atoms with Crippen LogP contribution in [-0.2, 0) is 6.42 Å². The number of hydrogen-bond donors (Lipinski definition) is 1. The second-order valence-electron chi connectivity index (χ2n) is 5.32. The van der Waals surface area contributed by atoms with Crippen molar-refractivity contribution in [1.29, 1.82) is 0 Å². The average molecular weight is 363 g/mol. The number of non-ortho nitro benzene ring substituents is 1. The smallest absolute Gasteiger partial charge is 0.270 e. The number of nitro groups is 1. The van der Waals surface area contributed by atoms with E-state index in [1.807, 2.05) is 31.2 Å². The number of carbonyl (C=O) groups is 1. The molecule has 0 fully saturated rings. The summed E-state index contributed by atoms with van der Waals surface area (Å²) in [5, 5.41) is 13.7. The highest BCUT2D eigenvalue weighted by Gasteiger charge is 2.15. The lowest BCUT2D eigenvalue weighted by Crippen LogP contribution is -2.25. The van der Waals surface area contributed by atoms with Gasteiger partial charge >= 0.3 is 0 Å². The van der Waals surface area contributed by atoms with Gasteiger partial charge in [-0.2, -0.15) is 0 Å². The molecule has 0 unspecified atom stereocenters. The normalized spacial score (nSPS) is 10.3. The van der Waals surface area contributed by atoms with Crippen molar-refractivity contribution >= 4 is 23.2 Å². The maximum absolute atomic E-state index is 12.2. The number of nitro benzene ring substituents is 1. The van der Waals surface area contributed by atoms with Gasteiger partial charge < -0.3 is 10.1 Å². The van der Waals surface area contributed by atoms with Gasteiger partial charge in [0.2, 0.25) is 0 Å². The summed E-state index contributed by atoms with van der Waals surface area (Å²) in [5.41, 5.74) is 1.01. The van der Waals surface area contributed by atoms with Gasteiger partial charge in [-0.1, -0.05) is 29.8 Å². The summed E-state index contributed by atoms with van der Waals surface area (Å²) < 4.78 is 5.57. The van der Waals surface area contributed by atoms with Crippen molar-refractivity contribution in [2.45, 2.75) is 19.8 Å². The van der Waals surface area contributed by atoms with Crippen LogP contribution in [0.5, 0.6) is 5.75 Å². The zero-order chi connectivity index (χ0) is 18.2. The third kappa shape index (κ3) is 5.19. The van der Waals surface area contributed by atoms with Crippen LogP contribution >= 0.6 is 11.6 Å². The fourth-order valence-electron chi connectivity index (χ4n) is 2.38. The second kappa shape index (κ2) is 9.03. The van der Waals surface area contributed by atoms with E-state index in [1.165, 1.54) is 18.2 Å². The number of rotatable bonds is 8. The highest BCUT2D eigenvalue weighted by molar-refractivity contribution is 6.33. The van der Waals surface area contributed by atoms with Gasteiger partial charge in [-0.15, -0.1) is 0 Å². The van der Waals surface area contributed by atoms with Crippen molar-refractivity contribution in [2.24, 2.45) is 0 Å². The van der Waals surface area contributed by atoms with Crippen molar-refractivity contribution < 1.29 is 14.5 Å². The molecule has 0 spiro atoms. The summed E-state index contributed by atoms with van der Waals surface area (Å²) in [7, 11) is 0. The number of aryl methyl sites for hydroxylation is 1. The third-order valence-electron chi connectivity index (χ3n) is 3.59. The predicted molar refractivity (Wildman–Crippen MR) is 96.4 cm³/mol. The zero-order valence-corrected chi connectivity index (χ0v) is 14.6. The molecule has 0 aliphatic carbocycles. The topological polar surface area (TPSA) is 81.5 Å². The molecule has 0 aliphatic heterocycles. The Balaban J connectivity index is 1.91. The number of carbonyl (C=O) groups excluding carboxylic acids is 1. The molecule has 0 bridgehead atoms. The molecule has 0 saturated carbocycles. The molecule has 6 nitrogen and oxygen atoms in total. The molecule has 1 N–H and O–H groups in total. The Morgan fingerprint density at radius 2 is 2.04 bits per heavy atom. The van der Waals surface area contributed by atoms with E-state index in [0.29, 0.717) is 19.6 Å². The predicted octanol–water partition coefficient (Wildman–Crippen LogP) is 4.01. The summed E-state index contributed by atoms with van der Waals surface area (Å²) in [6.45, 7) is 2.96. The van der Waals surface area contributed by atoms with Crippen LogP contribution in [0.4, 0.5) is 5.69 Å². The van der Waals surface area contributed by atoms with E-state index in [9.17, 15) is 14.9 Å². The third-order valence-corrected chi connectivity index (χ3v) is 3.92. The first-order chi connectivity index (χ1) is 12.0. The molecule has 132 valence electrons. The SMILES string of the molecule is CCOc1ccccc1CCCNC(=O)c1cc([N+](=O)[O-])ccc1Cl. The number of nitrogens with zero attached hydrogens (tertiary/aromatic N) is 1. The molecule has 2 aromatic carbocycles. The largest absolute Gasteiger partial charge is 0.494 e. The van der Waals surface area contributed by atoms with Crippen molar-refractivity contribution in [3.8, 4) is 5.75 Å². The highest BCUT2D eigenvalue weighted by Crippen LogP contribution is 2.22. The Morgan fingerprint density at radius 1 is 1.28 bits per heavy atom. The van der Waals surface area contributed by atoms with Crippen LogP contribution < -0.4 is 10.1 Å². The van der Waals surface area contributed by atoms with E-state index in [2.05, 4.69) is 5.32 Å². The van der Waals surface area contributed by atoms with Crippen LogP contribution in [0, 0.1) is 10.1 Å².